The quantitative estimate of drug-likeness (QED) is 0.784. The van der Waals surface area contributed by atoms with Gasteiger partial charge in [-0.15, -0.1) is 24.8 Å². The molecule has 0 aromatic carbocycles. The van der Waals surface area contributed by atoms with Crippen molar-refractivity contribution in [3.63, 3.8) is 0 Å². The van der Waals surface area contributed by atoms with Gasteiger partial charge in [-0.25, -0.2) is 0 Å². The Morgan fingerprint density at radius 1 is 1.25 bits per heavy atom. The van der Waals surface area contributed by atoms with E-state index in [9.17, 15) is 4.79 Å². The normalized spacial score (nSPS) is 16.2. The molecule has 0 unspecified atom stereocenters. The van der Waals surface area contributed by atoms with E-state index < -0.39 is 0 Å². The molecule has 1 aliphatic rings. The van der Waals surface area contributed by atoms with Gasteiger partial charge < -0.3 is 15.5 Å². The Bertz CT molecular complexity index is 267. The van der Waals surface area contributed by atoms with E-state index in [1.807, 2.05) is 14.1 Å². The predicted octanol–water partition coefficient (Wildman–Crippen LogP) is 2.07. The molecule has 0 spiro atoms. The van der Waals surface area contributed by atoms with E-state index >= 15 is 0 Å². The first-order valence-corrected chi connectivity index (χ1v) is 7.06. The summed E-state index contributed by atoms with van der Waals surface area (Å²) in [6.45, 7) is 7.21. The van der Waals surface area contributed by atoms with E-state index in [-0.39, 0.29) is 36.3 Å². The summed E-state index contributed by atoms with van der Waals surface area (Å²) in [4.78, 5) is 13.9. The largest absolute Gasteiger partial charge is 0.354 e. The van der Waals surface area contributed by atoms with Crippen molar-refractivity contribution in [1.29, 1.82) is 0 Å². The van der Waals surface area contributed by atoms with Crippen LogP contribution in [0.15, 0.2) is 0 Å². The molecule has 1 fully saturated rings. The molecule has 2 N–H and O–H groups in total. The van der Waals surface area contributed by atoms with Gasteiger partial charge in [0.2, 0.25) is 5.91 Å². The van der Waals surface area contributed by atoms with Gasteiger partial charge >= 0.3 is 0 Å². The second-order valence-corrected chi connectivity index (χ2v) is 6.22. The molecule has 122 valence electrons. The lowest BCUT2D eigenvalue weighted by atomic mass is 9.93. The zero-order valence-corrected chi connectivity index (χ0v) is 14.8. The summed E-state index contributed by atoms with van der Waals surface area (Å²) in [5.74, 6) is 0.933. The highest BCUT2D eigenvalue weighted by atomic mass is 35.5. The minimum absolute atomic E-state index is 0. The van der Waals surface area contributed by atoms with E-state index in [0.29, 0.717) is 13.0 Å². The van der Waals surface area contributed by atoms with E-state index in [1.54, 1.807) is 0 Å². The molecule has 1 aliphatic heterocycles. The number of hydrogen-bond donors (Lipinski definition) is 2. The lowest BCUT2D eigenvalue weighted by Crippen LogP contribution is -2.48. The Morgan fingerprint density at radius 2 is 1.80 bits per heavy atom. The molecule has 0 atom stereocenters. The van der Waals surface area contributed by atoms with Crippen molar-refractivity contribution in [2.75, 3.05) is 33.7 Å². The highest BCUT2D eigenvalue weighted by Gasteiger charge is 2.21. The number of carbonyl (C=O) groups excluding carboxylic acids is 1. The summed E-state index contributed by atoms with van der Waals surface area (Å²) in [5, 5.41) is 6.40. The summed E-state index contributed by atoms with van der Waals surface area (Å²) in [6.07, 6.45) is 4.15. The number of halogens is 2. The van der Waals surface area contributed by atoms with Gasteiger partial charge in [0.1, 0.15) is 0 Å². The zero-order chi connectivity index (χ0) is 13.6. The van der Waals surface area contributed by atoms with E-state index in [0.717, 1.165) is 25.4 Å². The van der Waals surface area contributed by atoms with E-state index in [4.69, 9.17) is 0 Å². The topological polar surface area (TPSA) is 44.4 Å². The average Bonchev–Trinajstić information content (AvgIpc) is 2.35. The molecule has 0 bridgehead atoms. The van der Waals surface area contributed by atoms with Gasteiger partial charge in [0.25, 0.3) is 0 Å². The van der Waals surface area contributed by atoms with Crippen LogP contribution in [0.2, 0.25) is 0 Å². The smallest absolute Gasteiger partial charge is 0.220 e. The SMILES string of the molecule is CN(C)C(C)(C)CNC(=O)CCC1CCNCC1.Cl.Cl. The first kappa shape index (κ1) is 22.3. The highest BCUT2D eigenvalue weighted by molar-refractivity contribution is 5.85. The minimum Gasteiger partial charge on any atom is -0.354 e. The summed E-state index contributed by atoms with van der Waals surface area (Å²) >= 11 is 0. The van der Waals surface area contributed by atoms with Crippen LogP contribution < -0.4 is 10.6 Å². The third-order valence-electron chi connectivity index (χ3n) is 4.17. The molecule has 1 saturated heterocycles. The monoisotopic (exact) mass is 327 g/mol. The van der Waals surface area contributed by atoms with Crippen LogP contribution in [0.5, 0.6) is 0 Å². The van der Waals surface area contributed by atoms with Crippen LogP contribution in [-0.4, -0.2) is 50.1 Å². The van der Waals surface area contributed by atoms with Gasteiger partial charge in [0, 0.05) is 18.5 Å². The number of nitrogens with one attached hydrogen (secondary N) is 2. The molecular formula is C14H31Cl2N3O. The molecule has 1 rings (SSSR count). The maximum absolute atomic E-state index is 11.8. The number of rotatable bonds is 6. The molecule has 0 aliphatic carbocycles. The predicted molar refractivity (Wildman–Crippen MR) is 90.1 cm³/mol. The third kappa shape index (κ3) is 8.30. The molecule has 1 heterocycles. The van der Waals surface area contributed by atoms with Crippen molar-refractivity contribution in [3.8, 4) is 0 Å². The summed E-state index contributed by atoms with van der Waals surface area (Å²) in [6, 6.07) is 0. The molecular weight excluding hydrogens is 297 g/mol. The molecule has 1 amide bonds. The van der Waals surface area contributed by atoms with Crippen molar-refractivity contribution >= 4 is 30.7 Å². The Balaban J connectivity index is 0. The Kier molecular flexibility index (Phi) is 11.9. The van der Waals surface area contributed by atoms with Crippen molar-refractivity contribution in [1.82, 2.24) is 15.5 Å². The zero-order valence-electron chi connectivity index (χ0n) is 13.2. The second-order valence-electron chi connectivity index (χ2n) is 6.22. The summed E-state index contributed by atoms with van der Waals surface area (Å²) in [7, 11) is 4.09. The van der Waals surface area contributed by atoms with Crippen molar-refractivity contribution in [3.05, 3.63) is 0 Å². The molecule has 0 radical (unpaired) electrons. The molecule has 20 heavy (non-hydrogen) atoms. The maximum atomic E-state index is 11.8. The van der Waals surface area contributed by atoms with E-state index in [1.165, 1.54) is 12.8 Å². The minimum atomic E-state index is 0. The maximum Gasteiger partial charge on any atom is 0.220 e. The molecule has 0 saturated carbocycles. The van der Waals surface area contributed by atoms with Gasteiger partial charge in [-0.1, -0.05) is 0 Å². The standard InChI is InChI=1S/C14H29N3O.2ClH/c1-14(2,17(3)4)11-16-13(18)6-5-12-7-9-15-10-8-12;;/h12,15H,5-11H2,1-4H3,(H,16,18);2*1H. The van der Waals surface area contributed by atoms with Crippen LogP contribution in [0.1, 0.15) is 39.5 Å². The summed E-state index contributed by atoms with van der Waals surface area (Å²) < 4.78 is 0. The fourth-order valence-corrected chi connectivity index (χ4v) is 2.07. The number of piperidine rings is 1. The third-order valence-corrected chi connectivity index (χ3v) is 4.17. The Hall–Kier alpha value is -0.0300. The Labute approximate surface area is 136 Å². The number of carbonyl (C=O) groups is 1. The number of nitrogens with zero attached hydrogens (tertiary/aromatic N) is 1. The fourth-order valence-electron chi connectivity index (χ4n) is 2.07. The molecule has 4 nitrogen and oxygen atoms in total. The van der Waals surface area contributed by atoms with E-state index in [2.05, 4.69) is 29.4 Å². The fraction of sp³-hybridized carbons (Fsp3) is 0.929. The van der Waals surface area contributed by atoms with Crippen LogP contribution >= 0.6 is 24.8 Å². The number of hydrogen-bond acceptors (Lipinski definition) is 3. The van der Waals surface area contributed by atoms with Crippen LogP contribution in [0.25, 0.3) is 0 Å². The van der Waals surface area contributed by atoms with Gasteiger partial charge in [0.05, 0.1) is 0 Å². The van der Waals surface area contributed by atoms with Crippen LogP contribution in [-0.2, 0) is 4.79 Å². The van der Waals surface area contributed by atoms with Gasteiger partial charge in [0.15, 0.2) is 0 Å². The lowest BCUT2D eigenvalue weighted by molar-refractivity contribution is -0.121. The molecule has 0 aromatic heterocycles. The number of likely N-dealkylation sites (N-methyl/N-ethyl adjacent to an activating group) is 1. The van der Waals surface area contributed by atoms with Crippen molar-refractivity contribution in [2.24, 2.45) is 5.92 Å². The first-order valence-electron chi connectivity index (χ1n) is 7.06. The van der Waals surface area contributed by atoms with Crippen LogP contribution in [0.4, 0.5) is 0 Å². The van der Waals surface area contributed by atoms with Crippen LogP contribution in [0.3, 0.4) is 0 Å². The average molecular weight is 328 g/mol. The molecule has 0 aromatic rings. The van der Waals surface area contributed by atoms with Crippen molar-refractivity contribution in [2.45, 2.75) is 45.1 Å². The first-order chi connectivity index (χ1) is 8.42. The summed E-state index contributed by atoms with van der Waals surface area (Å²) in [5.41, 5.74) is 0.0183. The lowest BCUT2D eigenvalue weighted by Gasteiger charge is -2.32. The molecule has 6 heteroatoms. The van der Waals surface area contributed by atoms with Gasteiger partial charge in [-0.3, -0.25) is 4.79 Å². The van der Waals surface area contributed by atoms with Gasteiger partial charge in [-0.05, 0) is 66.2 Å². The van der Waals surface area contributed by atoms with Gasteiger partial charge in [-0.2, -0.15) is 0 Å². The Morgan fingerprint density at radius 3 is 2.30 bits per heavy atom. The van der Waals surface area contributed by atoms with Crippen LogP contribution in [0, 0.1) is 5.92 Å². The number of amides is 1. The second kappa shape index (κ2) is 10.7. The van der Waals surface area contributed by atoms with Crippen molar-refractivity contribution < 1.29 is 4.79 Å². The highest BCUT2D eigenvalue weighted by Crippen LogP contribution is 2.17.